The predicted molar refractivity (Wildman–Crippen MR) is 93.0 cm³/mol. The van der Waals surface area contributed by atoms with Gasteiger partial charge in [0.1, 0.15) is 5.76 Å². The van der Waals surface area contributed by atoms with Gasteiger partial charge in [-0.05, 0) is 31.0 Å². The van der Waals surface area contributed by atoms with Crippen molar-refractivity contribution in [2.45, 2.75) is 33.1 Å². The molecule has 5 nitrogen and oxygen atoms in total. The van der Waals surface area contributed by atoms with E-state index in [1.807, 2.05) is 12.1 Å². The van der Waals surface area contributed by atoms with Crippen molar-refractivity contribution in [1.29, 1.82) is 0 Å². The molecule has 0 unspecified atom stereocenters. The van der Waals surface area contributed by atoms with Gasteiger partial charge in [0.15, 0.2) is 0 Å². The minimum atomic E-state index is -0.311. The van der Waals surface area contributed by atoms with Crippen molar-refractivity contribution in [2.24, 2.45) is 0 Å². The van der Waals surface area contributed by atoms with Crippen molar-refractivity contribution in [3.63, 3.8) is 0 Å². The fourth-order valence-electron chi connectivity index (χ4n) is 2.69. The summed E-state index contributed by atoms with van der Waals surface area (Å²) < 4.78 is 5.08. The van der Waals surface area contributed by atoms with E-state index in [1.165, 1.54) is 17.4 Å². The standard InChI is InChI=1S/C19H24N2O3/c1-13-7-5-6-8-16(13)19(3,4)12-21-17(22)11-20-18(23)15-9-10-24-14(15)2/h5-10H,11-12H2,1-4H3,(H,20,23)(H,21,22). The van der Waals surface area contributed by atoms with Gasteiger partial charge in [0, 0.05) is 12.0 Å². The number of amides is 2. The van der Waals surface area contributed by atoms with Crippen molar-refractivity contribution < 1.29 is 14.0 Å². The SMILES string of the molecule is Cc1ccccc1C(C)(C)CNC(=O)CNC(=O)c1ccoc1C. The number of hydrogen-bond donors (Lipinski definition) is 2. The summed E-state index contributed by atoms with van der Waals surface area (Å²) in [4.78, 5) is 24.0. The van der Waals surface area contributed by atoms with Crippen molar-refractivity contribution in [3.8, 4) is 0 Å². The molecule has 0 aliphatic carbocycles. The lowest BCUT2D eigenvalue weighted by atomic mass is 9.82. The molecule has 2 amide bonds. The van der Waals surface area contributed by atoms with Crippen molar-refractivity contribution in [3.05, 3.63) is 59.0 Å². The van der Waals surface area contributed by atoms with Gasteiger partial charge < -0.3 is 15.1 Å². The Balaban J connectivity index is 1.86. The topological polar surface area (TPSA) is 71.3 Å². The van der Waals surface area contributed by atoms with E-state index in [2.05, 4.69) is 43.5 Å². The normalized spacial score (nSPS) is 11.2. The molecule has 0 saturated carbocycles. The lowest BCUT2D eigenvalue weighted by molar-refractivity contribution is -0.120. The van der Waals surface area contributed by atoms with Gasteiger partial charge in [0.2, 0.25) is 5.91 Å². The minimum absolute atomic E-state index is 0.0622. The highest BCUT2D eigenvalue weighted by Gasteiger charge is 2.23. The number of carbonyl (C=O) groups is 2. The van der Waals surface area contributed by atoms with Crippen molar-refractivity contribution in [2.75, 3.05) is 13.1 Å². The van der Waals surface area contributed by atoms with E-state index >= 15 is 0 Å². The lowest BCUT2D eigenvalue weighted by Gasteiger charge is -2.27. The maximum Gasteiger partial charge on any atom is 0.255 e. The van der Waals surface area contributed by atoms with Crippen molar-refractivity contribution in [1.82, 2.24) is 10.6 Å². The summed E-state index contributed by atoms with van der Waals surface area (Å²) in [5, 5.41) is 5.49. The molecule has 2 aromatic rings. The average Bonchev–Trinajstić information content (AvgIpc) is 2.97. The molecule has 0 aliphatic rings. The number of carbonyl (C=O) groups excluding carboxylic acids is 2. The molecule has 128 valence electrons. The first-order chi connectivity index (χ1) is 11.3. The summed E-state index contributed by atoms with van der Waals surface area (Å²) in [7, 11) is 0. The number of furan rings is 1. The van der Waals surface area contributed by atoms with Gasteiger partial charge in [-0.1, -0.05) is 38.1 Å². The van der Waals surface area contributed by atoms with Crippen molar-refractivity contribution >= 4 is 11.8 Å². The van der Waals surface area contributed by atoms with E-state index in [0.717, 1.165) is 0 Å². The molecule has 0 aliphatic heterocycles. The Morgan fingerprint density at radius 1 is 1.08 bits per heavy atom. The van der Waals surface area contributed by atoms with Crippen LogP contribution in [0, 0.1) is 13.8 Å². The van der Waals surface area contributed by atoms with E-state index in [4.69, 9.17) is 4.42 Å². The minimum Gasteiger partial charge on any atom is -0.469 e. The maximum absolute atomic E-state index is 12.0. The summed E-state index contributed by atoms with van der Waals surface area (Å²) in [6.07, 6.45) is 1.45. The molecule has 0 fully saturated rings. The number of hydrogen-bond acceptors (Lipinski definition) is 3. The predicted octanol–water partition coefficient (Wildman–Crippen LogP) is 2.72. The Labute approximate surface area is 142 Å². The van der Waals surface area contributed by atoms with Gasteiger partial charge in [-0.3, -0.25) is 9.59 Å². The monoisotopic (exact) mass is 328 g/mol. The third kappa shape index (κ3) is 4.25. The molecule has 2 N–H and O–H groups in total. The molecule has 0 bridgehead atoms. The van der Waals surface area contributed by atoms with Crippen LogP contribution < -0.4 is 10.6 Å². The Bertz CT molecular complexity index is 732. The van der Waals surface area contributed by atoms with Crippen LogP contribution in [0.5, 0.6) is 0 Å². The highest BCUT2D eigenvalue weighted by atomic mass is 16.3. The highest BCUT2D eigenvalue weighted by Crippen LogP contribution is 2.25. The second-order valence-corrected chi connectivity index (χ2v) is 6.55. The largest absolute Gasteiger partial charge is 0.469 e. The van der Waals surface area contributed by atoms with E-state index in [-0.39, 0.29) is 23.8 Å². The Hall–Kier alpha value is -2.56. The van der Waals surface area contributed by atoms with Gasteiger partial charge >= 0.3 is 0 Å². The van der Waals surface area contributed by atoms with Gasteiger partial charge in [-0.25, -0.2) is 0 Å². The van der Waals surface area contributed by atoms with Crippen LogP contribution in [0.25, 0.3) is 0 Å². The zero-order chi connectivity index (χ0) is 17.7. The second-order valence-electron chi connectivity index (χ2n) is 6.55. The fraction of sp³-hybridized carbons (Fsp3) is 0.368. The molecule has 0 radical (unpaired) electrons. The summed E-state index contributed by atoms with van der Waals surface area (Å²) >= 11 is 0. The van der Waals surface area contributed by atoms with Crippen LogP contribution >= 0.6 is 0 Å². The first-order valence-corrected chi connectivity index (χ1v) is 7.96. The molecular weight excluding hydrogens is 304 g/mol. The first kappa shape index (κ1) is 17.8. The van der Waals surface area contributed by atoms with Gasteiger partial charge in [0.25, 0.3) is 5.91 Å². The molecule has 24 heavy (non-hydrogen) atoms. The maximum atomic E-state index is 12.0. The van der Waals surface area contributed by atoms with Crippen LogP contribution in [0.1, 0.15) is 41.1 Å². The zero-order valence-electron chi connectivity index (χ0n) is 14.6. The Morgan fingerprint density at radius 2 is 1.79 bits per heavy atom. The quantitative estimate of drug-likeness (QED) is 0.856. The van der Waals surface area contributed by atoms with Gasteiger partial charge in [0.05, 0.1) is 18.4 Å². The van der Waals surface area contributed by atoms with Crippen LogP contribution in [0.2, 0.25) is 0 Å². The Morgan fingerprint density at radius 3 is 2.42 bits per heavy atom. The molecule has 1 aromatic heterocycles. The molecule has 0 saturated heterocycles. The first-order valence-electron chi connectivity index (χ1n) is 7.96. The van der Waals surface area contributed by atoms with Crippen LogP contribution in [-0.2, 0) is 10.2 Å². The highest BCUT2D eigenvalue weighted by molar-refractivity contribution is 5.97. The van der Waals surface area contributed by atoms with Crippen LogP contribution in [0.3, 0.4) is 0 Å². The van der Waals surface area contributed by atoms with Gasteiger partial charge in [-0.15, -0.1) is 0 Å². The summed E-state index contributed by atoms with van der Waals surface area (Å²) in [6.45, 7) is 8.38. The zero-order valence-corrected chi connectivity index (χ0v) is 14.6. The molecule has 0 atom stereocenters. The third-order valence-corrected chi connectivity index (χ3v) is 4.11. The summed E-state index contributed by atoms with van der Waals surface area (Å²) in [5.74, 6) is 0.00863. The van der Waals surface area contributed by atoms with Gasteiger partial charge in [-0.2, -0.15) is 0 Å². The Kier molecular flexibility index (Phi) is 5.44. The summed E-state index contributed by atoms with van der Waals surface area (Å²) in [6, 6.07) is 9.72. The lowest BCUT2D eigenvalue weighted by Crippen LogP contribution is -2.42. The summed E-state index contributed by atoms with van der Waals surface area (Å²) in [5.41, 5.74) is 2.65. The van der Waals surface area contributed by atoms with Crippen LogP contribution in [0.15, 0.2) is 41.0 Å². The molecule has 0 spiro atoms. The van der Waals surface area contributed by atoms with Crippen LogP contribution in [0.4, 0.5) is 0 Å². The third-order valence-electron chi connectivity index (χ3n) is 4.11. The van der Waals surface area contributed by atoms with E-state index in [1.54, 1.807) is 13.0 Å². The molecule has 1 heterocycles. The van der Waals surface area contributed by atoms with Crippen LogP contribution in [-0.4, -0.2) is 24.9 Å². The second kappa shape index (κ2) is 7.34. The van der Waals surface area contributed by atoms with E-state index < -0.39 is 0 Å². The molecule has 5 heteroatoms. The fourth-order valence-corrected chi connectivity index (χ4v) is 2.69. The molecule has 2 rings (SSSR count). The molecule has 1 aromatic carbocycles. The number of benzene rings is 1. The van der Waals surface area contributed by atoms with E-state index in [0.29, 0.717) is 17.9 Å². The molecular formula is C19H24N2O3. The average molecular weight is 328 g/mol. The number of aryl methyl sites for hydroxylation is 2. The van der Waals surface area contributed by atoms with E-state index in [9.17, 15) is 9.59 Å². The number of rotatable bonds is 6. The smallest absolute Gasteiger partial charge is 0.255 e. The number of nitrogens with one attached hydrogen (secondary N) is 2.